The number of nitrogens with zero attached hydrogens (tertiary/aromatic N) is 3. The van der Waals surface area contributed by atoms with Crippen LogP contribution in [0.25, 0.3) is 10.2 Å². The van der Waals surface area contributed by atoms with E-state index >= 15 is 0 Å². The molecule has 5 nitrogen and oxygen atoms in total. The first kappa shape index (κ1) is 20.2. The van der Waals surface area contributed by atoms with Gasteiger partial charge < -0.3 is 4.74 Å². The lowest BCUT2D eigenvalue weighted by Crippen LogP contribution is -2.39. The molecule has 29 heavy (non-hydrogen) atoms. The second kappa shape index (κ2) is 9.17. The molecule has 1 aromatic heterocycles. The zero-order chi connectivity index (χ0) is 20.2. The van der Waals surface area contributed by atoms with Gasteiger partial charge in [-0.15, -0.1) is 0 Å². The number of hydrogen-bond donors (Lipinski definition) is 0. The Hall–Kier alpha value is -2.06. The summed E-state index contributed by atoms with van der Waals surface area (Å²) in [6, 6.07) is 11.7. The number of thiazole rings is 1. The molecule has 0 N–H and O–H groups in total. The topological polar surface area (TPSA) is 45.7 Å². The molecule has 1 aliphatic rings. The fourth-order valence-corrected chi connectivity index (χ4v) is 4.55. The molecular formula is C21H21ClFN3O2S. The molecule has 8 heteroatoms. The van der Waals surface area contributed by atoms with Gasteiger partial charge in [0.15, 0.2) is 5.13 Å². The number of halogens is 2. The van der Waals surface area contributed by atoms with Crippen LogP contribution in [0, 0.1) is 5.82 Å². The highest BCUT2D eigenvalue weighted by molar-refractivity contribution is 7.22. The third-order valence-corrected chi connectivity index (χ3v) is 6.14. The first-order chi connectivity index (χ1) is 14.1. The minimum Gasteiger partial charge on any atom is -0.379 e. The average Bonchev–Trinajstić information content (AvgIpc) is 3.17. The highest BCUT2D eigenvalue weighted by atomic mass is 35.5. The number of rotatable bonds is 6. The Bertz CT molecular complexity index is 1010. The number of amides is 1. The summed E-state index contributed by atoms with van der Waals surface area (Å²) in [5.41, 5.74) is 0.785. The molecule has 2 aromatic carbocycles. The van der Waals surface area contributed by atoms with Gasteiger partial charge in [0.2, 0.25) is 0 Å². The van der Waals surface area contributed by atoms with Gasteiger partial charge in [0.05, 0.1) is 17.9 Å². The fourth-order valence-electron chi connectivity index (χ4n) is 3.36. The molecule has 2 heterocycles. The maximum atomic E-state index is 14.1. The predicted octanol–water partition coefficient (Wildman–Crippen LogP) is 4.46. The van der Waals surface area contributed by atoms with Crippen LogP contribution in [0.5, 0.6) is 0 Å². The van der Waals surface area contributed by atoms with Gasteiger partial charge >= 0.3 is 0 Å². The first-order valence-corrected chi connectivity index (χ1v) is 10.7. The molecule has 152 valence electrons. The van der Waals surface area contributed by atoms with E-state index in [1.165, 1.54) is 17.4 Å². The summed E-state index contributed by atoms with van der Waals surface area (Å²) in [5, 5.41) is 0.997. The van der Waals surface area contributed by atoms with Crippen LogP contribution in [0.2, 0.25) is 5.02 Å². The zero-order valence-electron chi connectivity index (χ0n) is 15.8. The molecular weight excluding hydrogens is 413 g/mol. The minimum atomic E-state index is -0.381. The van der Waals surface area contributed by atoms with Crippen LogP contribution >= 0.6 is 22.9 Å². The second-order valence-corrected chi connectivity index (χ2v) is 8.30. The number of hydrogen-bond acceptors (Lipinski definition) is 5. The van der Waals surface area contributed by atoms with Crippen molar-refractivity contribution >= 4 is 44.2 Å². The van der Waals surface area contributed by atoms with Gasteiger partial charge in [0.1, 0.15) is 11.3 Å². The van der Waals surface area contributed by atoms with E-state index in [1.807, 2.05) is 6.07 Å². The quantitative estimate of drug-likeness (QED) is 0.575. The van der Waals surface area contributed by atoms with E-state index < -0.39 is 0 Å². The number of carbonyl (C=O) groups excluding carboxylic acids is 1. The van der Waals surface area contributed by atoms with E-state index in [9.17, 15) is 9.18 Å². The molecule has 3 aromatic rings. The van der Waals surface area contributed by atoms with Crippen molar-refractivity contribution in [2.24, 2.45) is 0 Å². The fraction of sp³-hybridized carbons (Fsp3) is 0.333. The van der Waals surface area contributed by atoms with Crippen molar-refractivity contribution in [2.45, 2.75) is 6.42 Å². The highest BCUT2D eigenvalue weighted by Crippen LogP contribution is 2.31. The summed E-state index contributed by atoms with van der Waals surface area (Å²) in [5.74, 6) is -0.567. The summed E-state index contributed by atoms with van der Waals surface area (Å²) < 4.78 is 20.2. The van der Waals surface area contributed by atoms with E-state index in [0.29, 0.717) is 27.8 Å². The zero-order valence-corrected chi connectivity index (χ0v) is 17.4. The number of para-hydroxylation sites is 1. The third kappa shape index (κ3) is 4.75. The standard InChI is InChI=1S/C21H21ClFN3O2S/c22-16-5-1-4-15(14-16)20(27)26(9-3-8-25-10-12-28-13-11-25)21-24-19-17(23)6-2-7-18(19)29-21/h1-2,4-7,14H,3,8-13H2. The number of carbonyl (C=O) groups is 1. The smallest absolute Gasteiger partial charge is 0.260 e. The molecule has 4 rings (SSSR count). The van der Waals surface area contributed by atoms with Crippen LogP contribution < -0.4 is 4.90 Å². The molecule has 0 bridgehead atoms. The van der Waals surface area contributed by atoms with Crippen molar-refractivity contribution in [1.82, 2.24) is 9.88 Å². The Balaban J connectivity index is 1.58. The van der Waals surface area contributed by atoms with Gasteiger partial charge in [0, 0.05) is 36.8 Å². The Morgan fingerprint density at radius 2 is 2.03 bits per heavy atom. The van der Waals surface area contributed by atoms with Gasteiger partial charge in [-0.3, -0.25) is 14.6 Å². The number of fused-ring (bicyclic) bond motifs is 1. The summed E-state index contributed by atoms with van der Waals surface area (Å²) in [7, 11) is 0. The molecule has 1 amide bonds. The minimum absolute atomic E-state index is 0.186. The van der Waals surface area contributed by atoms with E-state index in [1.54, 1.807) is 35.2 Å². The van der Waals surface area contributed by atoms with Gasteiger partial charge in [-0.2, -0.15) is 0 Å². The van der Waals surface area contributed by atoms with Crippen LogP contribution in [0.3, 0.4) is 0 Å². The summed E-state index contributed by atoms with van der Waals surface area (Å²) in [4.78, 5) is 21.6. The third-order valence-electron chi connectivity index (χ3n) is 4.87. The van der Waals surface area contributed by atoms with Crippen LogP contribution in [0.15, 0.2) is 42.5 Å². The number of anilines is 1. The second-order valence-electron chi connectivity index (χ2n) is 6.86. The van der Waals surface area contributed by atoms with Crippen molar-refractivity contribution in [3.8, 4) is 0 Å². The van der Waals surface area contributed by atoms with Gasteiger partial charge in [0.25, 0.3) is 5.91 Å². The van der Waals surface area contributed by atoms with Crippen LogP contribution in [-0.2, 0) is 4.74 Å². The highest BCUT2D eigenvalue weighted by Gasteiger charge is 2.22. The van der Waals surface area contributed by atoms with E-state index in [4.69, 9.17) is 16.3 Å². The van der Waals surface area contributed by atoms with Crippen LogP contribution in [0.1, 0.15) is 16.8 Å². The lowest BCUT2D eigenvalue weighted by atomic mass is 10.2. The summed E-state index contributed by atoms with van der Waals surface area (Å²) in [6.45, 7) is 4.62. The molecule has 0 aliphatic carbocycles. The summed E-state index contributed by atoms with van der Waals surface area (Å²) >= 11 is 7.40. The van der Waals surface area contributed by atoms with Crippen molar-refractivity contribution in [1.29, 1.82) is 0 Å². The number of ether oxygens (including phenoxy) is 1. The Kier molecular flexibility index (Phi) is 6.40. The van der Waals surface area contributed by atoms with Crippen LogP contribution in [0.4, 0.5) is 9.52 Å². The molecule has 0 atom stereocenters. The SMILES string of the molecule is O=C(c1cccc(Cl)c1)N(CCCN1CCOCC1)c1nc2c(F)cccc2s1. The van der Waals surface area contributed by atoms with Crippen molar-refractivity contribution < 1.29 is 13.9 Å². The Morgan fingerprint density at radius 3 is 2.79 bits per heavy atom. The Morgan fingerprint density at radius 1 is 1.24 bits per heavy atom. The molecule has 0 spiro atoms. The number of benzene rings is 2. The van der Waals surface area contributed by atoms with Crippen molar-refractivity contribution in [3.63, 3.8) is 0 Å². The summed E-state index contributed by atoms with van der Waals surface area (Å²) in [6.07, 6.45) is 0.782. The van der Waals surface area contributed by atoms with Gasteiger partial charge in [-0.1, -0.05) is 35.1 Å². The van der Waals surface area contributed by atoms with E-state index in [-0.39, 0.29) is 11.7 Å². The van der Waals surface area contributed by atoms with Crippen LogP contribution in [-0.4, -0.2) is 55.2 Å². The van der Waals surface area contributed by atoms with Crippen molar-refractivity contribution in [3.05, 3.63) is 58.9 Å². The number of morpholine rings is 1. The predicted molar refractivity (Wildman–Crippen MR) is 115 cm³/mol. The first-order valence-electron chi connectivity index (χ1n) is 9.54. The molecule has 0 saturated carbocycles. The number of aromatic nitrogens is 1. The molecule has 1 aliphatic heterocycles. The lowest BCUT2D eigenvalue weighted by Gasteiger charge is -2.27. The van der Waals surface area contributed by atoms with Gasteiger partial charge in [-0.25, -0.2) is 9.37 Å². The molecule has 1 saturated heterocycles. The largest absolute Gasteiger partial charge is 0.379 e. The normalized spacial score (nSPS) is 15.0. The van der Waals surface area contributed by atoms with E-state index in [2.05, 4.69) is 9.88 Å². The Labute approximate surface area is 177 Å². The molecule has 1 fully saturated rings. The monoisotopic (exact) mass is 433 g/mol. The van der Waals surface area contributed by atoms with Gasteiger partial charge in [-0.05, 0) is 36.8 Å². The lowest BCUT2D eigenvalue weighted by molar-refractivity contribution is 0.0376. The maximum absolute atomic E-state index is 14.1. The van der Waals surface area contributed by atoms with E-state index in [0.717, 1.165) is 44.0 Å². The average molecular weight is 434 g/mol. The molecule has 0 radical (unpaired) electrons. The molecule has 0 unspecified atom stereocenters. The maximum Gasteiger partial charge on any atom is 0.260 e. The van der Waals surface area contributed by atoms with Crippen molar-refractivity contribution in [2.75, 3.05) is 44.3 Å².